The standard InChI is InChI=1S/C14H16BrF2NO/c1-8(9-4-2-3-5-9)18-14(19)13-11(16)6-10(15)7-12(13)17/h6-9H,2-5H2,1H3,(H,18,19). The van der Waals surface area contributed by atoms with Crippen molar-refractivity contribution in [2.45, 2.75) is 38.6 Å². The molecule has 0 bridgehead atoms. The molecule has 5 heteroatoms. The molecule has 19 heavy (non-hydrogen) atoms. The fraction of sp³-hybridized carbons (Fsp3) is 0.500. The molecule has 1 fully saturated rings. The molecular formula is C14H16BrF2NO. The molecule has 1 aromatic carbocycles. The largest absolute Gasteiger partial charge is 0.349 e. The van der Waals surface area contributed by atoms with Gasteiger partial charge in [-0.3, -0.25) is 4.79 Å². The van der Waals surface area contributed by atoms with Crippen molar-refractivity contribution in [3.63, 3.8) is 0 Å². The molecule has 1 N–H and O–H groups in total. The van der Waals surface area contributed by atoms with E-state index in [1.807, 2.05) is 6.92 Å². The molecule has 0 aromatic heterocycles. The van der Waals surface area contributed by atoms with E-state index in [1.54, 1.807) is 0 Å². The van der Waals surface area contributed by atoms with Crippen molar-refractivity contribution in [1.82, 2.24) is 5.32 Å². The molecule has 104 valence electrons. The van der Waals surface area contributed by atoms with E-state index in [0.717, 1.165) is 37.8 Å². The number of carbonyl (C=O) groups is 1. The number of halogens is 3. The first-order valence-electron chi connectivity index (χ1n) is 6.44. The van der Waals surface area contributed by atoms with E-state index in [0.29, 0.717) is 5.92 Å². The Morgan fingerprint density at radius 1 is 1.32 bits per heavy atom. The lowest BCUT2D eigenvalue weighted by Gasteiger charge is -2.20. The van der Waals surface area contributed by atoms with Crippen LogP contribution >= 0.6 is 15.9 Å². The fourth-order valence-corrected chi connectivity index (χ4v) is 3.02. The number of amides is 1. The summed E-state index contributed by atoms with van der Waals surface area (Å²) in [7, 11) is 0. The average Bonchev–Trinajstić information content (AvgIpc) is 2.80. The van der Waals surface area contributed by atoms with Gasteiger partial charge < -0.3 is 5.32 Å². The Balaban J connectivity index is 2.11. The van der Waals surface area contributed by atoms with Crippen molar-refractivity contribution in [2.75, 3.05) is 0 Å². The van der Waals surface area contributed by atoms with E-state index in [-0.39, 0.29) is 10.5 Å². The van der Waals surface area contributed by atoms with E-state index in [4.69, 9.17) is 0 Å². The Hall–Kier alpha value is -0.970. The number of hydrogen-bond acceptors (Lipinski definition) is 1. The predicted octanol–water partition coefficient (Wildman–Crippen LogP) is 4.04. The summed E-state index contributed by atoms with van der Waals surface area (Å²) < 4.78 is 27.6. The zero-order valence-electron chi connectivity index (χ0n) is 10.7. The minimum atomic E-state index is -0.844. The van der Waals surface area contributed by atoms with Gasteiger partial charge in [-0.1, -0.05) is 28.8 Å². The van der Waals surface area contributed by atoms with E-state index in [2.05, 4.69) is 21.2 Å². The maximum absolute atomic E-state index is 13.7. The van der Waals surface area contributed by atoms with Gasteiger partial charge in [-0.25, -0.2) is 8.78 Å². The molecule has 1 aliphatic carbocycles. The van der Waals surface area contributed by atoms with Gasteiger partial charge in [0.25, 0.3) is 5.91 Å². The van der Waals surface area contributed by atoms with Gasteiger partial charge in [0.15, 0.2) is 0 Å². The van der Waals surface area contributed by atoms with Crippen LogP contribution in [0.4, 0.5) is 8.78 Å². The second-order valence-electron chi connectivity index (χ2n) is 5.05. The highest BCUT2D eigenvalue weighted by Crippen LogP contribution is 2.28. The van der Waals surface area contributed by atoms with Crippen molar-refractivity contribution in [2.24, 2.45) is 5.92 Å². The van der Waals surface area contributed by atoms with Crippen LogP contribution in [0, 0.1) is 17.6 Å². The molecule has 2 nitrogen and oxygen atoms in total. The lowest BCUT2D eigenvalue weighted by atomic mass is 9.99. The normalized spacial score (nSPS) is 17.5. The molecule has 2 rings (SSSR count). The molecule has 1 unspecified atom stereocenters. The van der Waals surface area contributed by atoms with Crippen molar-refractivity contribution >= 4 is 21.8 Å². The van der Waals surface area contributed by atoms with Crippen LogP contribution in [-0.2, 0) is 0 Å². The molecule has 0 aliphatic heterocycles. The molecule has 1 atom stereocenters. The van der Waals surface area contributed by atoms with E-state index >= 15 is 0 Å². The predicted molar refractivity (Wildman–Crippen MR) is 72.9 cm³/mol. The summed E-state index contributed by atoms with van der Waals surface area (Å²) in [5.41, 5.74) is -0.506. The monoisotopic (exact) mass is 331 g/mol. The smallest absolute Gasteiger partial charge is 0.257 e. The molecule has 0 spiro atoms. The maximum Gasteiger partial charge on any atom is 0.257 e. The molecule has 0 saturated heterocycles. The Bertz CT molecular complexity index is 463. The summed E-state index contributed by atoms with van der Waals surface area (Å²) in [4.78, 5) is 12.0. The van der Waals surface area contributed by atoms with Crippen LogP contribution in [0.2, 0.25) is 0 Å². The highest BCUT2D eigenvalue weighted by molar-refractivity contribution is 9.10. The lowest BCUT2D eigenvalue weighted by Crippen LogP contribution is -2.38. The number of nitrogens with one attached hydrogen (secondary N) is 1. The van der Waals surface area contributed by atoms with Gasteiger partial charge >= 0.3 is 0 Å². The first-order valence-corrected chi connectivity index (χ1v) is 7.23. The van der Waals surface area contributed by atoms with Crippen molar-refractivity contribution in [3.8, 4) is 0 Å². The van der Waals surface area contributed by atoms with Gasteiger partial charge in [-0.05, 0) is 37.8 Å². The minimum absolute atomic E-state index is 0.0579. The number of rotatable bonds is 3. The molecule has 1 saturated carbocycles. The Kier molecular flexibility index (Phi) is 4.55. The topological polar surface area (TPSA) is 29.1 Å². The quantitative estimate of drug-likeness (QED) is 0.889. The van der Waals surface area contributed by atoms with Gasteiger partial charge in [-0.2, -0.15) is 0 Å². The Morgan fingerprint density at radius 3 is 2.37 bits per heavy atom. The third kappa shape index (κ3) is 3.32. The molecule has 0 heterocycles. The lowest BCUT2D eigenvalue weighted by molar-refractivity contribution is 0.0918. The molecule has 0 radical (unpaired) electrons. The van der Waals surface area contributed by atoms with Gasteiger partial charge in [0.1, 0.15) is 17.2 Å². The van der Waals surface area contributed by atoms with Crippen LogP contribution < -0.4 is 5.32 Å². The van der Waals surface area contributed by atoms with Crippen molar-refractivity contribution < 1.29 is 13.6 Å². The van der Waals surface area contributed by atoms with Crippen LogP contribution in [0.5, 0.6) is 0 Å². The Labute approximate surface area is 119 Å². The number of carbonyl (C=O) groups excluding carboxylic acids is 1. The average molecular weight is 332 g/mol. The summed E-state index contributed by atoms with van der Waals surface area (Å²) in [5, 5.41) is 2.70. The number of hydrogen-bond donors (Lipinski definition) is 1. The van der Waals surface area contributed by atoms with Crippen LogP contribution in [0.15, 0.2) is 16.6 Å². The second-order valence-corrected chi connectivity index (χ2v) is 5.97. The summed E-state index contributed by atoms with van der Waals surface area (Å²) >= 11 is 2.99. The maximum atomic E-state index is 13.7. The summed E-state index contributed by atoms with van der Waals surface area (Å²) in [6.45, 7) is 1.89. The summed E-state index contributed by atoms with van der Waals surface area (Å²) in [5.74, 6) is -1.96. The van der Waals surface area contributed by atoms with Crippen molar-refractivity contribution in [1.29, 1.82) is 0 Å². The van der Waals surface area contributed by atoms with Gasteiger partial charge in [0, 0.05) is 10.5 Å². The summed E-state index contributed by atoms with van der Waals surface area (Å²) in [6.07, 6.45) is 4.44. The van der Waals surface area contributed by atoms with Gasteiger partial charge in [0.2, 0.25) is 0 Å². The van der Waals surface area contributed by atoms with Gasteiger partial charge in [-0.15, -0.1) is 0 Å². The first-order chi connectivity index (χ1) is 8.99. The second kappa shape index (κ2) is 5.99. The third-order valence-electron chi connectivity index (χ3n) is 3.70. The van der Waals surface area contributed by atoms with Crippen molar-refractivity contribution in [3.05, 3.63) is 33.8 Å². The summed E-state index contributed by atoms with van der Waals surface area (Å²) in [6, 6.07) is 2.13. The first kappa shape index (κ1) is 14.4. The van der Waals surface area contributed by atoms with Crippen LogP contribution in [0.3, 0.4) is 0 Å². The van der Waals surface area contributed by atoms with Crippen LogP contribution in [0.25, 0.3) is 0 Å². The van der Waals surface area contributed by atoms with Crippen LogP contribution in [0.1, 0.15) is 43.0 Å². The van der Waals surface area contributed by atoms with Crippen LogP contribution in [-0.4, -0.2) is 11.9 Å². The molecule has 1 aromatic rings. The SMILES string of the molecule is CC(NC(=O)c1c(F)cc(Br)cc1F)C1CCCC1. The zero-order chi connectivity index (χ0) is 14.0. The zero-order valence-corrected chi connectivity index (χ0v) is 12.3. The van der Waals surface area contributed by atoms with E-state index in [1.165, 1.54) is 0 Å². The minimum Gasteiger partial charge on any atom is -0.349 e. The Morgan fingerprint density at radius 2 is 1.84 bits per heavy atom. The molecular weight excluding hydrogens is 316 g/mol. The number of benzene rings is 1. The molecule has 1 amide bonds. The highest BCUT2D eigenvalue weighted by atomic mass is 79.9. The van der Waals surface area contributed by atoms with E-state index in [9.17, 15) is 13.6 Å². The third-order valence-corrected chi connectivity index (χ3v) is 4.16. The van der Waals surface area contributed by atoms with Gasteiger partial charge in [0.05, 0.1) is 0 Å². The van der Waals surface area contributed by atoms with E-state index < -0.39 is 23.1 Å². The molecule has 1 aliphatic rings. The highest BCUT2D eigenvalue weighted by Gasteiger charge is 2.25. The fourth-order valence-electron chi connectivity index (χ4n) is 2.61.